The molecule has 1 heterocycles. The molecule has 0 saturated heterocycles. The van der Waals surface area contributed by atoms with Crippen molar-refractivity contribution in [3.8, 4) is 0 Å². The zero-order valence-electron chi connectivity index (χ0n) is 18.8. The topological polar surface area (TPSA) is 93.5 Å². The van der Waals surface area contributed by atoms with Gasteiger partial charge in [-0.1, -0.05) is 23.9 Å². The van der Waals surface area contributed by atoms with Gasteiger partial charge in [0.2, 0.25) is 5.91 Å². The van der Waals surface area contributed by atoms with Gasteiger partial charge >= 0.3 is 11.7 Å². The first-order valence-corrected chi connectivity index (χ1v) is 11.8. The second kappa shape index (κ2) is 11.3. The van der Waals surface area contributed by atoms with Gasteiger partial charge in [0, 0.05) is 24.3 Å². The highest BCUT2D eigenvalue weighted by molar-refractivity contribution is 8.00. The summed E-state index contributed by atoms with van der Waals surface area (Å²) in [5.41, 5.74) is 2.59. The van der Waals surface area contributed by atoms with E-state index >= 15 is 0 Å². The number of benzene rings is 1. The molecule has 1 aliphatic rings. The Morgan fingerprint density at radius 1 is 1.22 bits per heavy atom. The Kier molecular flexibility index (Phi) is 8.46. The second-order valence-electron chi connectivity index (χ2n) is 7.89. The van der Waals surface area contributed by atoms with E-state index in [9.17, 15) is 14.4 Å². The average Bonchev–Trinajstić information content (AvgIpc) is 2.77. The molecule has 1 N–H and O–H groups in total. The van der Waals surface area contributed by atoms with Crippen LogP contribution in [0.4, 0.5) is 5.69 Å². The first kappa shape index (κ1) is 24.0. The number of nitrogens with zero attached hydrogens (tertiary/aromatic N) is 3. The Bertz CT molecular complexity index is 1040. The molecular formula is C23H30N4O4S. The van der Waals surface area contributed by atoms with Crippen molar-refractivity contribution in [3.05, 3.63) is 51.6 Å². The van der Waals surface area contributed by atoms with Crippen LogP contribution in [0.3, 0.4) is 0 Å². The number of carbonyl (C=O) groups is 2. The van der Waals surface area contributed by atoms with Crippen molar-refractivity contribution in [2.45, 2.75) is 44.2 Å². The van der Waals surface area contributed by atoms with Gasteiger partial charge in [0.15, 0.2) is 0 Å². The van der Waals surface area contributed by atoms with Crippen molar-refractivity contribution in [2.75, 3.05) is 38.3 Å². The van der Waals surface area contributed by atoms with Crippen LogP contribution >= 0.6 is 11.8 Å². The number of hydrogen-bond acceptors (Lipinski definition) is 7. The van der Waals surface area contributed by atoms with E-state index in [0.29, 0.717) is 22.8 Å². The molecule has 0 fully saturated rings. The number of aromatic nitrogens is 2. The normalized spacial score (nSPS) is 13.0. The number of fused-ring (bicyclic) bond motifs is 1. The lowest BCUT2D eigenvalue weighted by atomic mass is 9.97. The molecule has 2 aromatic rings. The minimum atomic E-state index is -0.479. The van der Waals surface area contributed by atoms with E-state index in [4.69, 9.17) is 4.74 Å². The first-order valence-electron chi connectivity index (χ1n) is 10.9. The number of carbonyl (C=O) groups excluding carboxylic acids is 2. The van der Waals surface area contributed by atoms with Gasteiger partial charge in [0.1, 0.15) is 5.03 Å². The Morgan fingerprint density at radius 3 is 2.72 bits per heavy atom. The number of hydrogen-bond donors (Lipinski definition) is 1. The van der Waals surface area contributed by atoms with Crippen molar-refractivity contribution >= 4 is 29.3 Å². The van der Waals surface area contributed by atoms with Crippen LogP contribution < -0.4 is 11.0 Å². The molecule has 0 saturated carbocycles. The van der Waals surface area contributed by atoms with E-state index in [-0.39, 0.29) is 24.0 Å². The Labute approximate surface area is 192 Å². The standard InChI is InChI=1S/C23H30N4O4S/c1-4-31-22(29)16-9-5-7-11-18(16)24-20(28)15-32-21-17-10-6-8-12-19(17)27(23(30)25-21)14-13-26(2)3/h5,7,9,11H,4,6,8,10,12-15H2,1-3H3,(H,24,28). The molecule has 0 unspecified atom stereocenters. The van der Waals surface area contributed by atoms with Crippen LogP contribution in [0, 0.1) is 0 Å². The quantitative estimate of drug-likeness (QED) is 0.351. The van der Waals surface area contributed by atoms with Gasteiger partial charge in [-0.05, 0) is 58.8 Å². The van der Waals surface area contributed by atoms with Crippen molar-refractivity contribution in [3.63, 3.8) is 0 Å². The van der Waals surface area contributed by atoms with Crippen LogP contribution in [0.1, 0.15) is 41.4 Å². The second-order valence-corrected chi connectivity index (χ2v) is 8.85. The number of nitrogens with one attached hydrogen (secondary N) is 1. The maximum atomic E-state index is 12.7. The lowest BCUT2D eigenvalue weighted by Gasteiger charge is -2.23. The smallest absolute Gasteiger partial charge is 0.348 e. The van der Waals surface area contributed by atoms with Crippen LogP contribution in [-0.4, -0.2) is 59.3 Å². The number of likely N-dealkylation sites (N-methyl/N-ethyl adjacent to an activating group) is 1. The van der Waals surface area contributed by atoms with Gasteiger partial charge in [-0.2, -0.15) is 4.98 Å². The highest BCUT2D eigenvalue weighted by Crippen LogP contribution is 2.28. The molecule has 0 radical (unpaired) electrons. The Balaban J connectivity index is 1.74. The van der Waals surface area contributed by atoms with Gasteiger partial charge in [0.05, 0.1) is 23.6 Å². The van der Waals surface area contributed by atoms with E-state index in [2.05, 4.69) is 10.3 Å². The molecule has 172 valence electrons. The summed E-state index contributed by atoms with van der Waals surface area (Å²) in [4.78, 5) is 43.8. The highest BCUT2D eigenvalue weighted by Gasteiger charge is 2.21. The number of para-hydroxylation sites is 1. The Morgan fingerprint density at radius 2 is 1.97 bits per heavy atom. The van der Waals surface area contributed by atoms with Gasteiger partial charge in [-0.25, -0.2) is 9.59 Å². The molecule has 0 bridgehead atoms. The highest BCUT2D eigenvalue weighted by atomic mass is 32.2. The third-order valence-electron chi connectivity index (χ3n) is 5.26. The summed E-state index contributed by atoms with van der Waals surface area (Å²) in [6.07, 6.45) is 3.81. The van der Waals surface area contributed by atoms with E-state index in [1.54, 1.807) is 35.8 Å². The van der Waals surface area contributed by atoms with Crippen molar-refractivity contribution in [1.82, 2.24) is 14.5 Å². The fourth-order valence-corrected chi connectivity index (χ4v) is 4.57. The van der Waals surface area contributed by atoms with E-state index in [1.165, 1.54) is 11.8 Å². The van der Waals surface area contributed by atoms with E-state index < -0.39 is 5.97 Å². The van der Waals surface area contributed by atoms with Gasteiger partial charge in [-0.15, -0.1) is 0 Å². The maximum Gasteiger partial charge on any atom is 0.348 e. The number of amides is 1. The van der Waals surface area contributed by atoms with Crippen molar-refractivity contribution in [1.29, 1.82) is 0 Å². The SMILES string of the molecule is CCOC(=O)c1ccccc1NC(=O)CSc1nc(=O)n(CCN(C)C)c2c1CCCC2. The lowest BCUT2D eigenvalue weighted by Crippen LogP contribution is -2.33. The van der Waals surface area contributed by atoms with E-state index in [1.807, 2.05) is 19.0 Å². The maximum absolute atomic E-state index is 12.7. The molecule has 9 heteroatoms. The molecule has 1 aromatic heterocycles. The third-order valence-corrected chi connectivity index (χ3v) is 6.28. The zero-order valence-corrected chi connectivity index (χ0v) is 19.7. The monoisotopic (exact) mass is 458 g/mol. The molecule has 1 aromatic carbocycles. The van der Waals surface area contributed by atoms with Crippen molar-refractivity contribution in [2.24, 2.45) is 0 Å². The predicted octanol–water partition coefficient (Wildman–Crippen LogP) is 2.59. The first-order chi connectivity index (χ1) is 15.4. The number of anilines is 1. The molecule has 0 atom stereocenters. The summed E-state index contributed by atoms with van der Waals surface area (Å²) < 4.78 is 6.84. The molecule has 3 rings (SSSR count). The van der Waals surface area contributed by atoms with Crippen LogP contribution in [-0.2, 0) is 28.9 Å². The number of ether oxygens (including phenoxy) is 1. The Hall–Kier alpha value is -2.65. The largest absolute Gasteiger partial charge is 0.462 e. The fraction of sp³-hybridized carbons (Fsp3) is 0.478. The predicted molar refractivity (Wildman–Crippen MR) is 125 cm³/mol. The number of esters is 1. The number of rotatable bonds is 9. The summed E-state index contributed by atoms with van der Waals surface area (Å²) >= 11 is 1.27. The minimum Gasteiger partial charge on any atom is -0.462 e. The van der Waals surface area contributed by atoms with Crippen LogP contribution in [0.25, 0.3) is 0 Å². The fourth-order valence-electron chi connectivity index (χ4n) is 3.70. The molecule has 1 amide bonds. The zero-order chi connectivity index (χ0) is 23.1. The summed E-state index contributed by atoms with van der Waals surface area (Å²) in [7, 11) is 3.96. The van der Waals surface area contributed by atoms with Crippen molar-refractivity contribution < 1.29 is 14.3 Å². The summed E-state index contributed by atoms with van der Waals surface area (Å²) in [6, 6.07) is 6.75. The minimum absolute atomic E-state index is 0.0950. The molecular weight excluding hydrogens is 428 g/mol. The molecule has 8 nitrogen and oxygen atoms in total. The molecule has 0 spiro atoms. The van der Waals surface area contributed by atoms with Crippen LogP contribution in [0.5, 0.6) is 0 Å². The third kappa shape index (κ3) is 5.98. The van der Waals surface area contributed by atoms with Gasteiger partial charge in [-0.3, -0.25) is 9.36 Å². The van der Waals surface area contributed by atoms with E-state index in [0.717, 1.165) is 43.5 Å². The summed E-state index contributed by atoms with van der Waals surface area (Å²) in [6.45, 7) is 3.37. The van der Waals surface area contributed by atoms with Crippen LogP contribution in [0.2, 0.25) is 0 Å². The van der Waals surface area contributed by atoms with Gasteiger partial charge < -0.3 is 15.0 Å². The average molecular weight is 459 g/mol. The van der Waals surface area contributed by atoms with Crippen LogP contribution in [0.15, 0.2) is 34.1 Å². The lowest BCUT2D eigenvalue weighted by molar-refractivity contribution is -0.113. The molecule has 32 heavy (non-hydrogen) atoms. The molecule has 0 aliphatic heterocycles. The summed E-state index contributed by atoms with van der Waals surface area (Å²) in [5.74, 6) is -0.652. The molecule has 1 aliphatic carbocycles. The van der Waals surface area contributed by atoms with Gasteiger partial charge in [0.25, 0.3) is 0 Å². The summed E-state index contributed by atoms with van der Waals surface area (Å²) in [5, 5.41) is 3.42. The number of thioether (sulfide) groups is 1.